The molecule has 0 saturated heterocycles. The molecule has 0 aliphatic heterocycles. The molecular weight excluding hydrogens is 558 g/mol. The minimum absolute atomic E-state index is 0.702. The fourth-order valence-corrected chi connectivity index (χ4v) is 6.10. The molecule has 3 nitrogen and oxygen atoms in total. The second kappa shape index (κ2) is 37.8. The first kappa shape index (κ1) is 44.4. The van der Waals surface area contributed by atoms with Crippen LogP contribution in [0.2, 0.25) is 0 Å². The minimum Gasteiger partial charge on any atom is -0.388 e. The van der Waals surface area contributed by atoms with E-state index in [2.05, 4.69) is 79.4 Å². The zero-order valence-corrected chi connectivity index (χ0v) is 31.7. The van der Waals surface area contributed by atoms with E-state index in [0.29, 0.717) is 5.84 Å². The van der Waals surface area contributed by atoms with Crippen LogP contribution in [0.25, 0.3) is 0 Å². The molecule has 0 aliphatic carbocycles. The molecule has 0 rings (SSSR count). The summed E-state index contributed by atoms with van der Waals surface area (Å²) in [4.78, 5) is 6.89. The molecule has 0 aliphatic rings. The van der Waals surface area contributed by atoms with Crippen LogP contribution in [0.3, 0.4) is 0 Å². The number of amidine groups is 1. The maximum Gasteiger partial charge on any atom is 0.0906 e. The normalized spacial score (nSPS) is 13.0. The number of hydrogen-bond donors (Lipinski definition) is 1. The number of unbranched alkanes of at least 4 members (excludes halogenated alkanes) is 18. The fourth-order valence-electron chi connectivity index (χ4n) is 6.10. The summed E-state index contributed by atoms with van der Waals surface area (Å²) in [5.74, 6) is 1.53. The number of rotatable bonds is 35. The summed E-state index contributed by atoms with van der Waals surface area (Å²) in [7, 11) is 2.27. The third-order valence-electron chi connectivity index (χ3n) is 9.04. The molecule has 0 atom stereocenters. The SMILES string of the molecule is CCCCC/C=C\C/C=C\CCCCCCCCC(CCCCCCCC/C=C\C/C=C\CCCCC)CN(C)CCN=C(C)N. The number of allylic oxidation sites excluding steroid dienone is 8. The molecule has 0 heterocycles. The van der Waals surface area contributed by atoms with Gasteiger partial charge in [-0.2, -0.15) is 0 Å². The van der Waals surface area contributed by atoms with Crippen LogP contribution in [-0.2, 0) is 0 Å². The Labute approximate surface area is 289 Å². The van der Waals surface area contributed by atoms with Gasteiger partial charge in [0.2, 0.25) is 0 Å². The summed E-state index contributed by atoms with van der Waals surface area (Å²) in [6, 6.07) is 0. The van der Waals surface area contributed by atoms with Crippen molar-refractivity contribution < 1.29 is 0 Å². The van der Waals surface area contributed by atoms with Crippen LogP contribution in [0.1, 0.15) is 188 Å². The number of nitrogens with zero attached hydrogens (tertiary/aromatic N) is 2. The molecule has 0 aromatic carbocycles. The van der Waals surface area contributed by atoms with Gasteiger partial charge in [-0.05, 0) is 96.9 Å². The third kappa shape index (κ3) is 36.9. The highest BCUT2D eigenvalue weighted by Gasteiger charge is 2.12. The molecular formula is C43H81N3. The van der Waals surface area contributed by atoms with Crippen molar-refractivity contribution in [3.05, 3.63) is 48.6 Å². The van der Waals surface area contributed by atoms with E-state index in [1.807, 2.05) is 6.92 Å². The first-order chi connectivity index (χ1) is 22.6. The Morgan fingerprint density at radius 2 is 0.913 bits per heavy atom. The number of hydrogen-bond acceptors (Lipinski definition) is 2. The average Bonchev–Trinajstić information content (AvgIpc) is 3.04. The zero-order chi connectivity index (χ0) is 33.6. The molecule has 0 saturated carbocycles. The van der Waals surface area contributed by atoms with Gasteiger partial charge in [0, 0.05) is 13.1 Å². The molecule has 2 N–H and O–H groups in total. The van der Waals surface area contributed by atoms with Gasteiger partial charge in [0.15, 0.2) is 0 Å². The summed E-state index contributed by atoms with van der Waals surface area (Å²) in [5.41, 5.74) is 5.75. The molecule has 0 amide bonds. The molecule has 0 fully saturated rings. The Morgan fingerprint density at radius 1 is 0.543 bits per heavy atom. The van der Waals surface area contributed by atoms with E-state index in [-0.39, 0.29) is 0 Å². The van der Waals surface area contributed by atoms with Crippen LogP contribution in [0.5, 0.6) is 0 Å². The van der Waals surface area contributed by atoms with Gasteiger partial charge in [0.05, 0.1) is 12.4 Å². The Bertz CT molecular complexity index is 695. The molecule has 0 aromatic heterocycles. The number of likely N-dealkylation sites (N-methyl/N-ethyl adjacent to an activating group) is 1. The Morgan fingerprint density at radius 3 is 1.30 bits per heavy atom. The van der Waals surface area contributed by atoms with E-state index in [0.717, 1.165) is 31.8 Å². The molecule has 0 spiro atoms. The fraction of sp³-hybridized carbons (Fsp3) is 0.791. The van der Waals surface area contributed by atoms with Crippen molar-refractivity contribution >= 4 is 5.84 Å². The predicted molar refractivity (Wildman–Crippen MR) is 211 cm³/mol. The summed E-state index contributed by atoms with van der Waals surface area (Å²) in [6.07, 6.45) is 53.6. The maximum absolute atomic E-state index is 5.75. The second-order valence-electron chi connectivity index (χ2n) is 13.9. The van der Waals surface area contributed by atoms with Gasteiger partial charge in [0.1, 0.15) is 0 Å². The molecule has 268 valence electrons. The first-order valence-corrected chi connectivity index (χ1v) is 20.1. The van der Waals surface area contributed by atoms with Crippen LogP contribution in [-0.4, -0.2) is 37.4 Å². The average molecular weight is 640 g/mol. The van der Waals surface area contributed by atoms with Crippen molar-refractivity contribution in [1.29, 1.82) is 0 Å². The van der Waals surface area contributed by atoms with Gasteiger partial charge in [0.25, 0.3) is 0 Å². The van der Waals surface area contributed by atoms with E-state index in [4.69, 9.17) is 5.73 Å². The van der Waals surface area contributed by atoms with E-state index < -0.39 is 0 Å². The van der Waals surface area contributed by atoms with E-state index in [1.54, 1.807) is 0 Å². The molecule has 3 heteroatoms. The molecule has 0 radical (unpaired) electrons. The van der Waals surface area contributed by atoms with Crippen molar-refractivity contribution in [2.45, 2.75) is 188 Å². The van der Waals surface area contributed by atoms with E-state index >= 15 is 0 Å². The Hall–Kier alpha value is -1.61. The van der Waals surface area contributed by atoms with Crippen molar-refractivity contribution in [2.24, 2.45) is 16.6 Å². The molecule has 0 unspecified atom stereocenters. The summed E-state index contributed by atoms with van der Waals surface area (Å²) in [5, 5.41) is 0. The van der Waals surface area contributed by atoms with Crippen molar-refractivity contribution in [2.75, 3.05) is 26.7 Å². The Balaban J connectivity index is 4.03. The van der Waals surface area contributed by atoms with Crippen molar-refractivity contribution in [3.63, 3.8) is 0 Å². The highest BCUT2D eigenvalue weighted by atomic mass is 15.1. The highest BCUT2D eigenvalue weighted by Crippen LogP contribution is 2.20. The predicted octanol–water partition coefficient (Wildman–Crippen LogP) is 13.3. The van der Waals surface area contributed by atoms with Gasteiger partial charge in [-0.25, -0.2) is 0 Å². The lowest BCUT2D eigenvalue weighted by Gasteiger charge is -2.24. The number of nitrogens with two attached hydrogens (primary N) is 1. The smallest absolute Gasteiger partial charge is 0.0906 e. The molecule has 0 bridgehead atoms. The quantitative estimate of drug-likeness (QED) is 0.0324. The van der Waals surface area contributed by atoms with Crippen LogP contribution in [0.4, 0.5) is 0 Å². The third-order valence-corrected chi connectivity index (χ3v) is 9.04. The van der Waals surface area contributed by atoms with Gasteiger partial charge >= 0.3 is 0 Å². The van der Waals surface area contributed by atoms with Gasteiger partial charge in [-0.1, -0.05) is 152 Å². The maximum atomic E-state index is 5.75. The number of aliphatic imine (C=N–C) groups is 1. The second-order valence-corrected chi connectivity index (χ2v) is 13.9. The molecule has 46 heavy (non-hydrogen) atoms. The van der Waals surface area contributed by atoms with Gasteiger partial charge in [-0.3, -0.25) is 4.99 Å². The van der Waals surface area contributed by atoms with Crippen LogP contribution < -0.4 is 5.73 Å². The largest absolute Gasteiger partial charge is 0.388 e. The minimum atomic E-state index is 0.702. The summed E-state index contributed by atoms with van der Waals surface area (Å²) < 4.78 is 0. The topological polar surface area (TPSA) is 41.6 Å². The highest BCUT2D eigenvalue weighted by molar-refractivity contribution is 5.77. The van der Waals surface area contributed by atoms with Gasteiger partial charge in [-0.15, -0.1) is 0 Å². The first-order valence-electron chi connectivity index (χ1n) is 20.1. The molecule has 0 aromatic rings. The van der Waals surface area contributed by atoms with Crippen molar-refractivity contribution in [1.82, 2.24) is 4.90 Å². The van der Waals surface area contributed by atoms with Crippen LogP contribution in [0.15, 0.2) is 53.6 Å². The standard InChI is InChI=1S/C43H81N3/c1-5-7-9-11-13-15-17-19-21-23-25-27-29-31-33-35-37-43(41-46(4)40-39-45-42(3)44)38-36-34-32-30-28-26-24-22-20-18-16-14-12-10-8-6-2/h13-16,19-22,43H,5-12,17-18,23-41H2,1-4H3,(H2,44,45)/b15-13-,16-14-,21-19-,22-20-. The van der Waals surface area contributed by atoms with Crippen LogP contribution in [0, 0.1) is 5.92 Å². The summed E-state index contributed by atoms with van der Waals surface area (Å²) in [6.45, 7) is 9.47. The Kier molecular flexibility index (Phi) is 36.5. The van der Waals surface area contributed by atoms with E-state index in [1.165, 1.54) is 161 Å². The lowest BCUT2D eigenvalue weighted by atomic mass is 9.93. The van der Waals surface area contributed by atoms with E-state index in [9.17, 15) is 0 Å². The van der Waals surface area contributed by atoms with Gasteiger partial charge < -0.3 is 10.6 Å². The lowest BCUT2D eigenvalue weighted by Crippen LogP contribution is -2.28. The lowest BCUT2D eigenvalue weighted by molar-refractivity contribution is 0.255. The van der Waals surface area contributed by atoms with Crippen LogP contribution >= 0.6 is 0 Å². The monoisotopic (exact) mass is 640 g/mol. The van der Waals surface area contributed by atoms with Crippen molar-refractivity contribution in [3.8, 4) is 0 Å². The summed E-state index contributed by atoms with van der Waals surface area (Å²) >= 11 is 0. The zero-order valence-electron chi connectivity index (χ0n) is 31.7.